The molecule has 1 unspecified atom stereocenters. The van der Waals surface area contributed by atoms with Gasteiger partial charge >= 0.3 is 0 Å². The van der Waals surface area contributed by atoms with Crippen molar-refractivity contribution >= 4 is 0 Å². The van der Waals surface area contributed by atoms with Crippen molar-refractivity contribution in [3.63, 3.8) is 0 Å². The van der Waals surface area contributed by atoms with Crippen molar-refractivity contribution in [2.75, 3.05) is 13.2 Å². The minimum absolute atomic E-state index is 0.0555. The first-order valence-electron chi connectivity index (χ1n) is 6.92. The molecule has 1 aliphatic carbocycles. The smallest absolute Gasteiger partial charge is 0.126 e. The van der Waals surface area contributed by atoms with Crippen LogP contribution in [0.2, 0.25) is 0 Å². The summed E-state index contributed by atoms with van der Waals surface area (Å²) in [4.78, 5) is 0. The van der Waals surface area contributed by atoms with E-state index in [1.807, 2.05) is 12.1 Å². The fourth-order valence-corrected chi connectivity index (χ4v) is 2.95. The van der Waals surface area contributed by atoms with E-state index in [1.165, 1.54) is 12.8 Å². The zero-order valence-electron chi connectivity index (χ0n) is 10.6. The van der Waals surface area contributed by atoms with Gasteiger partial charge in [-0.15, -0.1) is 0 Å². The highest BCUT2D eigenvalue weighted by Crippen LogP contribution is 2.37. The Morgan fingerprint density at radius 1 is 1.28 bits per heavy atom. The van der Waals surface area contributed by atoms with Crippen molar-refractivity contribution < 1.29 is 9.13 Å². The van der Waals surface area contributed by atoms with Crippen LogP contribution in [0.3, 0.4) is 0 Å². The van der Waals surface area contributed by atoms with E-state index in [0.717, 1.165) is 31.6 Å². The molecule has 3 heteroatoms. The molecule has 0 bridgehead atoms. The third-order valence-electron chi connectivity index (χ3n) is 4.14. The number of rotatable bonds is 4. The van der Waals surface area contributed by atoms with Gasteiger partial charge in [-0.3, -0.25) is 0 Å². The summed E-state index contributed by atoms with van der Waals surface area (Å²) in [5, 5.41) is 3.53. The molecular formula is C15H20FNO. The number of hydrogen-bond donors (Lipinski definition) is 1. The number of halogens is 1. The number of hydrogen-bond acceptors (Lipinski definition) is 2. The molecule has 1 aromatic carbocycles. The van der Waals surface area contributed by atoms with E-state index in [9.17, 15) is 4.39 Å². The second kappa shape index (κ2) is 5.37. The molecular weight excluding hydrogens is 229 g/mol. The molecule has 18 heavy (non-hydrogen) atoms. The average molecular weight is 249 g/mol. The molecule has 0 spiro atoms. The molecule has 2 nitrogen and oxygen atoms in total. The zero-order chi connectivity index (χ0) is 12.4. The molecule has 1 aliphatic heterocycles. The number of ether oxygens (including phenoxy) is 1. The molecule has 1 N–H and O–H groups in total. The molecule has 3 rings (SSSR count). The Labute approximate surface area is 108 Å². The lowest BCUT2D eigenvalue weighted by Gasteiger charge is -2.37. The van der Waals surface area contributed by atoms with E-state index in [-0.39, 0.29) is 5.82 Å². The predicted octanol–water partition coefficient (Wildman–Crippen LogP) is 2.84. The van der Waals surface area contributed by atoms with Crippen molar-refractivity contribution in [3.05, 3.63) is 35.6 Å². The normalized spacial score (nSPS) is 31.3. The van der Waals surface area contributed by atoms with Gasteiger partial charge in [0.2, 0.25) is 0 Å². The lowest BCUT2D eigenvalue weighted by atomic mass is 9.75. The standard InChI is InChI=1S/C15H20FNO/c16-15-6-2-1-5-14(15)11-8-12(9-11)17-10-13-4-3-7-18-13/h1-2,5-6,11-13,17H,3-4,7-10H2. The number of benzene rings is 1. The Bertz CT molecular complexity index is 397. The van der Waals surface area contributed by atoms with Crippen LogP contribution in [0, 0.1) is 5.82 Å². The van der Waals surface area contributed by atoms with E-state index in [2.05, 4.69) is 5.32 Å². The first-order valence-corrected chi connectivity index (χ1v) is 6.92. The Balaban J connectivity index is 1.44. The van der Waals surface area contributed by atoms with E-state index in [1.54, 1.807) is 12.1 Å². The third kappa shape index (κ3) is 2.57. The number of nitrogens with one attached hydrogen (secondary N) is 1. The molecule has 2 fully saturated rings. The second-order valence-corrected chi connectivity index (χ2v) is 5.43. The highest BCUT2D eigenvalue weighted by Gasteiger charge is 2.32. The van der Waals surface area contributed by atoms with Crippen LogP contribution in [-0.4, -0.2) is 25.3 Å². The maximum absolute atomic E-state index is 13.6. The van der Waals surface area contributed by atoms with Crippen LogP contribution in [-0.2, 0) is 4.74 Å². The zero-order valence-corrected chi connectivity index (χ0v) is 10.6. The fraction of sp³-hybridized carbons (Fsp3) is 0.600. The van der Waals surface area contributed by atoms with Gasteiger partial charge in [-0.2, -0.15) is 0 Å². The molecule has 1 saturated heterocycles. The molecule has 1 atom stereocenters. The van der Waals surface area contributed by atoms with Gasteiger partial charge in [-0.25, -0.2) is 4.39 Å². The molecule has 2 aliphatic rings. The quantitative estimate of drug-likeness (QED) is 0.886. The average Bonchev–Trinajstić information content (AvgIpc) is 2.82. The van der Waals surface area contributed by atoms with Crippen LogP contribution in [0.15, 0.2) is 24.3 Å². The summed E-state index contributed by atoms with van der Waals surface area (Å²) in [6, 6.07) is 7.69. The van der Waals surface area contributed by atoms with Crippen molar-refractivity contribution in [1.82, 2.24) is 5.32 Å². The lowest BCUT2D eigenvalue weighted by Crippen LogP contribution is -2.43. The minimum atomic E-state index is -0.0555. The van der Waals surface area contributed by atoms with Gasteiger partial charge in [0.05, 0.1) is 6.10 Å². The largest absolute Gasteiger partial charge is 0.377 e. The van der Waals surface area contributed by atoms with Gasteiger partial charge in [0.1, 0.15) is 5.82 Å². The predicted molar refractivity (Wildman–Crippen MR) is 69.1 cm³/mol. The van der Waals surface area contributed by atoms with Gasteiger partial charge in [0.25, 0.3) is 0 Å². The van der Waals surface area contributed by atoms with E-state index >= 15 is 0 Å². The molecule has 98 valence electrons. The molecule has 1 saturated carbocycles. The minimum Gasteiger partial charge on any atom is -0.377 e. The van der Waals surface area contributed by atoms with Gasteiger partial charge in [0, 0.05) is 19.2 Å². The summed E-state index contributed by atoms with van der Waals surface area (Å²) in [6.07, 6.45) is 4.87. The van der Waals surface area contributed by atoms with Crippen LogP contribution >= 0.6 is 0 Å². The second-order valence-electron chi connectivity index (χ2n) is 5.43. The SMILES string of the molecule is Fc1ccccc1C1CC(NCC2CCCO2)C1. The Morgan fingerprint density at radius 2 is 2.11 bits per heavy atom. The fourth-order valence-electron chi connectivity index (χ4n) is 2.95. The van der Waals surface area contributed by atoms with Crippen LogP contribution in [0.5, 0.6) is 0 Å². The van der Waals surface area contributed by atoms with Crippen molar-refractivity contribution in [3.8, 4) is 0 Å². The lowest BCUT2D eigenvalue weighted by molar-refractivity contribution is 0.102. The van der Waals surface area contributed by atoms with Gasteiger partial charge in [-0.05, 0) is 43.2 Å². The molecule has 0 amide bonds. The Hall–Kier alpha value is -0.930. The summed E-state index contributed by atoms with van der Waals surface area (Å²) >= 11 is 0. The van der Waals surface area contributed by atoms with Gasteiger partial charge < -0.3 is 10.1 Å². The molecule has 1 heterocycles. The maximum atomic E-state index is 13.6. The van der Waals surface area contributed by atoms with Crippen molar-refractivity contribution in [2.24, 2.45) is 0 Å². The summed E-state index contributed by atoms with van der Waals surface area (Å²) in [6.45, 7) is 1.86. The third-order valence-corrected chi connectivity index (χ3v) is 4.14. The van der Waals surface area contributed by atoms with E-state index < -0.39 is 0 Å². The molecule has 0 radical (unpaired) electrons. The van der Waals surface area contributed by atoms with Crippen LogP contribution in [0.4, 0.5) is 4.39 Å². The van der Waals surface area contributed by atoms with Crippen LogP contribution < -0.4 is 5.32 Å². The first-order chi connectivity index (χ1) is 8.83. The maximum Gasteiger partial charge on any atom is 0.126 e. The summed E-state index contributed by atoms with van der Waals surface area (Å²) in [7, 11) is 0. The monoisotopic (exact) mass is 249 g/mol. The van der Waals surface area contributed by atoms with Crippen LogP contribution in [0.1, 0.15) is 37.2 Å². The highest BCUT2D eigenvalue weighted by atomic mass is 19.1. The van der Waals surface area contributed by atoms with E-state index in [0.29, 0.717) is 18.1 Å². The molecule has 0 aromatic heterocycles. The Morgan fingerprint density at radius 3 is 2.83 bits per heavy atom. The van der Waals surface area contributed by atoms with Crippen LogP contribution in [0.25, 0.3) is 0 Å². The first kappa shape index (κ1) is 12.1. The Kier molecular flexibility index (Phi) is 3.62. The van der Waals surface area contributed by atoms with Crippen molar-refractivity contribution in [2.45, 2.75) is 43.7 Å². The summed E-state index contributed by atoms with van der Waals surface area (Å²) in [5.41, 5.74) is 0.882. The summed E-state index contributed by atoms with van der Waals surface area (Å²) < 4.78 is 19.2. The highest BCUT2D eigenvalue weighted by molar-refractivity contribution is 5.24. The van der Waals surface area contributed by atoms with E-state index in [4.69, 9.17) is 4.74 Å². The topological polar surface area (TPSA) is 21.3 Å². The van der Waals surface area contributed by atoms with Gasteiger partial charge in [-0.1, -0.05) is 18.2 Å². The van der Waals surface area contributed by atoms with Crippen molar-refractivity contribution in [1.29, 1.82) is 0 Å². The summed E-state index contributed by atoms with van der Waals surface area (Å²) in [5.74, 6) is 0.341. The molecule has 1 aromatic rings. The van der Waals surface area contributed by atoms with Gasteiger partial charge in [0.15, 0.2) is 0 Å².